The van der Waals surface area contributed by atoms with Crippen molar-refractivity contribution in [3.63, 3.8) is 0 Å². The number of sulfonamides is 1. The van der Waals surface area contributed by atoms with E-state index in [2.05, 4.69) is 4.72 Å². The van der Waals surface area contributed by atoms with Gasteiger partial charge in [-0.25, -0.2) is 8.42 Å². The summed E-state index contributed by atoms with van der Waals surface area (Å²) in [6.07, 6.45) is 1.41. The van der Waals surface area contributed by atoms with Gasteiger partial charge in [0.1, 0.15) is 0 Å². The molecule has 0 atom stereocenters. The Kier molecular flexibility index (Phi) is 4.75. The third-order valence-corrected chi connectivity index (χ3v) is 6.18. The van der Waals surface area contributed by atoms with Gasteiger partial charge in [0.05, 0.1) is 4.90 Å². The lowest BCUT2D eigenvalue weighted by Gasteiger charge is -2.16. The van der Waals surface area contributed by atoms with Gasteiger partial charge in [0.15, 0.2) is 0 Å². The minimum absolute atomic E-state index is 0.0978. The van der Waals surface area contributed by atoms with Crippen LogP contribution in [0.1, 0.15) is 24.0 Å². The highest BCUT2D eigenvalue weighted by atomic mass is 35.5. The largest absolute Gasteiger partial charge is 0.312 e. The molecule has 3 rings (SSSR count). The molecule has 1 amide bonds. The van der Waals surface area contributed by atoms with Gasteiger partial charge in [-0.3, -0.25) is 9.52 Å². The van der Waals surface area contributed by atoms with Crippen LogP contribution in [0, 0.1) is 13.8 Å². The minimum Gasteiger partial charge on any atom is -0.312 e. The molecule has 25 heavy (non-hydrogen) atoms. The molecule has 5 nitrogen and oxygen atoms in total. The Morgan fingerprint density at radius 1 is 1.08 bits per heavy atom. The predicted octanol–water partition coefficient (Wildman–Crippen LogP) is 3.88. The first-order valence-electron chi connectivity index (χ1n) is 7.98. The Labute approximate surface area is 152 Å². The van der Waals surface area contributed by atoms with Crippen LogP contribution in [0.3, 0.4) is 0 Å². The summed E-state index contributed by atoms with van der Waals surface area (Å²) in [6, 6.07) is 10.0. The van der Waals surface area contributed by atoms with E-state index in [0.717, 1.165) is 12.1 Å². The number of amides is 1. The fourth-order valence-electron chi connectivity index (χ4n) is 2.88. The molecule has 1 N–H and O–H groups in total. The summed E-state index contributed by atoms with van der Waals surface area (Å²) in [7, 11) is -3.72. The number of halogens is 1. The quantitative estimate of drug-likeness (QED) is 0.877. The first-order chi connectivity index (χ1) is 11.8. The van der Waals surface area contributed by atoms with Gasteiger partial charge in [0.25, 0.3) is 10.0 Å². The molecule has 0 aliphatic carbocycles. The maximum Gasteiger partial charge on any atom is 0.262 e. The monoisotopic (exact) mass is 378 g/mol. The molecule has 1 fully saturated rings. The molecule has 1 saturated heterocycles. The number of carbonyl (C=O) groups excluding carboxylic acids is 1. The van der Waals surface area contributed by atoms with Crippen LogP contribution in [0.2, 0.25) is 5.02 Å². The Morgan fingerprint density at radius 3 is 2.36 bits per heavy atom. The second kappa shape index (κ2) is 6.69. The summed E-state index contributed by atoms with van der Waals surface area (Å²) >= 11 is 6.04. The molecule has 0 bridgehead atoms. The van der Waals surface area contributed by atoms with E-state index < -0.39 is 10.0 Å². The van der Waals surface area contributed by atoms with E-state index in [1.165, 1.54) is 0 Å². The highest BCUT2D eigenvalue weighted by Gasteiger charge is 2.22. The number of hydrogen-bond acceptors (Lipinski definition) is 3. The molecular formula is C18H19ClN2O3S. The molecule has 0 saturated carbocycles. The van der Waals surface area contributed by atoms with Crippen LogP contribution in [0.5, 0.6) is 0 Å². The second-order valence-electron chi connectivity index (χ2n) is 6.17. The fourth-order valence-corrected chi connectivity index (χ4v) is 4.47. The minimum atomic E-state index is -3.72. The van der Waals surface area contributed by atoms with Gasteiger partial charge in [-0.1, -0.05) is 11.6 Å². The van der Waals surface area contributed by atoms with E-state index in [4.69, 9.17) is 11.6 Å². The standard InChI is InChI=1S/C18H19ClN2O3S/c1-12-11-17(13(2)10-16(12)19)25(23,24)20-14-5-7-15(8-6-14)21-9-3-4-18(21)22/h5-8,10-11,20H,3-4,9H2,1-2H3. The van der Waals surface area contributed by atoms with E-state index in [1.54, 1.807) is 55.1 Å². The SMILES string of the molecule is Cc1cc(S(=O)(=O)Nc2ccc(N3CCCC3=O)cc2)c(C)cc1Cl. The zero-order chi connectivity index (χ0) is 18.2. The van der Waals surface area contributed by atoms with Gasteiger partial charge >= 0.3 is 0 Å². The average molecular weight is 379 g/mol. The van der Waals surface area contributed by atoms with Crippen LogP contribution < -0.4 is 9.62 Å². The van der Waals surface area contributed by atoms with Crippen LogP contribution in [0.15, 0.2) is 41.3 Å². The number of nitrogens with zero attached hydrogens (tertiary/aromatic N) is 1. The van der Waals surface area contributed by atoms with Gasteiger partial charge in [-0.15, -0.1) is 0 Å². The highest BCUT2D eigenvalue weighted by molar-refractivity contribution is 7.92. The van der Waals surface area contributed by atoms with E-state index in [-0.39, 0.29) is 10.8 Å². The van der Waals surface area contributed by atoms with Crippen molar-refractivity contribution >= 4 is 38.9 Å². The van der Waals surface area contributed by atoms with Gasteiger partial charge in [-0.2, -0.15) is 0 Å². The Bertz CT molecular complexity index is 924. The Morgan fingerprint density at radius 2 is 1.76 bits per heavy atom. The molecule has 0 unspecified atom stereocenters. The molecule has 0 aromatic heterocycles. The summed E-state index contributed by atoms with van der Waals surface area (Å²) in [6.45, 7) is 4.18. The summed E-state index contributed by atoms with van der Waals surface area (Å²) < 4.78 is 27.9. The number of aryl methyl sites for hydroxylation is 2. The molecule has 0 radical (unpaired) electrons. The zero-order valence-electron chi connectivity index (χ0n) is 14.0. The first kappa shape index (κ1) is 17.8. The lowest BCUT2D eigenvalue weighted by molar-refractivity contribution is -0.117. The lowest BCUT2D eigenvalue weighted by atomic mass is 10.2. The van der Waals surface area contributed by atoms with Gasteiger partial charge in [0, 0.05) is 29.4 Å². The lowest BCUT2D eigenvalue weighted by Crippen LogP contribution is -2.23. The van der Waals surface area contributed by atoms with Crippen LogP contribution in [-0.4, -0.2) is 20.9 Å². The molecule has 2 aromatic carbocycles. The fraction of sp³-hybridized carbons (Fsp3) is 0.278. The van der Waals surface area contributed by atoms with Crippen molar-refractivity contribution < 1.29 is 13.2 Å². The molecule has 1 aliphatic rings. The van der Waals surface area contributed by atoms with Crippen molar-refractivity contribution in [2.45, 2.75) is 31.6 Å². The molecule has 0 spiro atoms. The second-order valence-corrected chi connectivity index (χ2v) is 8.23. The van der Waals surface area contributed by atoms with Gasteiger partial charge < -0.3 is 4.90 Å². The van der Waals surface area contributed by atoms with Crippen LogP contribution in [0.25, 0.3) is 0 Å². The summed E-state index contributed by atoms with van der Waals surface area (Å²) in [5.41, 5.74) is 2.52. The average Bonchev–Trinajstić information content (AvgIpc) is 2.97. The molecule has 1 heterocycles. The molecule has 7 heteroatoms. The van der Waals surface area contributed by atoms with Crippen molar-refractivity contribution in [3.05, 3.63) is 52.5 Å². The highest BCUT2D eigenvalue weighted by Crippen LogP contribution is 2.27. The number of nitrogens with one attached hydrogen (secondary N) is 1. The van der Waals surface area contributed by atoms with Crippen molar-refractivity contribution in [2.75, 3.05) is 16.2 Å². The number of hydrogen-bond donors (Lipinski definition) is 1. The smallest absolute Gasteiger partial charge is 0.262 e. The third kappa shape index (κ3) is 3.65. The number of carbonyl (C=O) groups is 1. The van der Waals surface area contributed by atoms with Crippen LogP contribution >= 0.6 is 11.6 Å². The molecule has 1 aliphatic heterocycles. The number of rotatable bonds is 4. The Hall–Kier alpha value is -2.05. The van der Waals surface area contributed by atoms with E-state index in [0.29, 0.717) is 34.8 Å². The zero-order valence-corrected chi connectivity index (χ0v) is 15.6. The number of anilines is 2. The normalized spacial score (nSPS) is 14.8. The van der Waals surface area contributed by atoms with E-state index in [9.17, 15) is 13.2 Å². The van der Waals surface area contributed by atoms with Crippen molar-refractivity contribution in [3.8, 4) is 0 Å². The van der Waals surface area contributed by atoms with Crippen LogP contribution in [0.4, 0.5) is 11.4 Å². The van der Waals surface area contributed by atoms with Crippen molar-refractivity contribution in [1.29, 1.82) is 0 Å². The molecular weight excluding hydrogens is 360 g/mol. The maximum atomic E-state index is 12.7. The van der Waals surface area contributed by atoms with Crippen LogP contribution in [-0.2, 0) is 14.8 Å². The molecule has 132 valence electrons. The van der Waals surface area contributed by atoms with Crippen molar-refractivity contribution in [2.24, 2.45) is 0 Å². The molecule has 2 aromatic rings. The van der Waals surface area contributed by atoms with Crippen molar-refractivity contribution in [1.82, 2.24) is 0 Å². The first-order valence-corrected chi connectivity index (χ1v) is 9.84. The van der Waals surface area contributed by atoms with E-state index in [1.807, 2.05) is 0 Å². The summed E-state index contributed by atoms with van der Waals surface area (Å²) in [4.78, 5) is 13.7. The summed E-state index contributed by atoms with van der Waals surface area (Å²) in [5, 5.41) is 0.538. The summed E-state index contributed by atoms with van der Waals surface area (Å²) in [5.74, 6) is 0.0978. The topological polar surface area (TPSA) is 66.5 Å². The number of benzene rings is 2. The third-order valence-electron chi connectivity index (χ3n) is 4.25. The van der Waals surface area contributed by atoms with Gasteiger partial charge in [-0.05, 0) is 67.8 Å². The maximum absolute atomic E-state index is 12.7. The predicted molar refractivity (Wildman–Crippen MR) is 99.8 cm³/mol. The van der Waals surface area contributed by atoms with E-state index >= 15 is 0 Å². The van der Waals surface area contributed by atoms with Gasteiger partial charge in [0.2, 0.25) is 5.91 Å². The Balaban J connectivity index is 1.84.